The van der Waals surface area contributed by atoms with Crippen LogP contribution >= 0.6 is 0 Å². The van der Waals surface area contributed by atoms with Gasteiger partial charge in [0.15, 0.2) is 11.6 Å². The van der Waals surface area contributed by atoms with Crippen LogP contribution in [0.25, 0.3) is 11.1 Å². The summed E-state index contributed by atoms with van der Waals surface area (Å²) in [5, 5.41) is 24.0. The average Bonchev–Trinajstić information content (AvgIpc) is 3.48. The maximum Gasteiger partial charge on any atom is 0.454 e. The molecule has 12 heteroatoms. The van der Waals surface area contributed by atoms with Gasteiger partial charge in [0.2, 0.25) is 0 Å². The molecule has 12 nitrogen and oxygen atoms in total. The van der Waals surface area contributed by atoms with Crippen molar-refractivity contribution in [3.05, 3.63) is 71.3 Å². The number of aromatic nitrogens is 8. The van der Waals surface area contributed by atoms with E-state index < -0.39 is 17.7 Å². The SMILES string of the molecule is [2H]c1cc(-c2ccc(Cn3nnc(Cc4nnn(C(=O)OC(C)(C)C)n4)n3)cc2)ccc1C(=O)OC. The normalized spacial score (nSPS) is 11.7. The van der Waals surface area contributed by atoms with E-state index in [1.165, 1.54) is 11.9 Å². The Bertz CT molecular complexity index is 1390. The van der Waals surface area contributed by atoms with Gasteiger partial charge in [0, 0.05) is 0 Å². The zero-order valence-electron chi connectivity index (χ0n) is 20.7. The van der Waals surface area contributed by atoms with Gasteiger partial charge in [0.1, 0.15) is 5.60 Å². The fraction of sp³-hybridized carbons (Fsp3) is 0.304. The van der Waals surface area contributed by atoms with E-state index in [-0.39, 0.29) is 23.9 Å². The van der Waals surface area contributed by atoms with Gasteiger partial charge >= 0.3 is 12.1 Å². The number of hydrogen-bond donors (Lipinski definition) is 0. The maximum absolute atomic E-state index is 12.0. The number of tetrazole rings is 2. The quantitative estimate of drug-likeness (QED) is 0.380. The summed E-state index contributed by atoms with van der Waals surface area (Å²) < 4.78 is 18.0. The van der Waals surface area contributed by atoms with Crippen LogP contribution in [-0.4, -0.2) is 65.2 Å². The van der Waals surface area contributed by atoms with E-state index in [2.05, 4.69) is 35.6 Å². The molecule has 0 aliphatic heterocycles. The summed E-state index contributed by atoms with van der Waals surface area (Å²) in [5.74, 6) is 0.103. The lowest BCUT2D eigenvalue weighted by Crippen LogP contribution is -2.28. The van der Waals surface area contributed by atoms with Crippen LogP contribution < -0.4 is 0 Å². The summed E-state index contributed by atoms with van der Waals surface area (Å²) in [4.78, 5) is 25.9. The van der Waals surface area contributed by atoms with E-state index in [1.54, 1.807) is 39.0 Å². The number of hydrogen-bond acceptors (Lipinski definition) is 10. The van der Waals surface area contributed by atoms with E-state index in [1.807, 2.05) is 24.3 Å². The van der Waals surface area contributed by atoms with Crippen LogP contribution in [0.15, 0.2) is 48.5 Å². The molecule has 0 N–H and O–H groups in total. The van der Waals surface area contributed by atoms with Crippen LogP contribution in [0, 0.1) is 0 Å². The van der Waals surface area contributed by atoms with Crippen molar-refractivity contribution in [3.63, 3.8) is 0 Å². The summed E-state index contributed by atoms with van der Waals surface area (Å²) in [6.45, 7) is 5.62. The molecule has 4 rings (SSSR count). The molecule has 0 unspecified atom stereocenters. The van der Waals surface area contributed by atoms with Crippen molar-refractivity contribution in [1.82, 2.24) is 40.4 Å². The lowest BCUT2D eigenvalue weighted by atomic mass is 10.0. The molecule has 2 aromatic heterocycles. The summed E-state index contributed by atoms with van der Waals surface area (Å²) in [6.07, 6.45) is -0.571. The Hall–Kier alpha value is -4.48. The van der Waals surface area contributed by atoms with Gasteiger partial charge in [-0.3, -0.25) is 0 Å². The number of esters is 1. The molecule has 0 spiro atoms. The number of ether oxygens (including phenoxy) is 2. The third-order valence-electron chi connectivity index (χ3n) is 4.65. The van der Waals surface area contributed by atoms with E-state index in [4.69, 9.17) is 6.11 Å². The monoisotopic (exact) mass is 477 g/mol. The highest BCUT2D eigenvalue weighted by molar-refractivity contribution is 5.89. The standard InChI is InChI=1S/C23H24N8O4/c1-23(2,3)35-22(33)31-27-20(25-29-31)13-19-24-28-30(26-19)14-15-5-7-16(8-6-15)17-9-11-18(12-10-17)21(32)34-4/h5-12H,13-14H2,1-4H3/i11D. The van der Waals surface area contributed by atoms with E-state index in [9.17, 15) is 9.59 Å². The number of benzene rings is 2. The molecule has 0 radical (unpaired) electrons. The van der Waals surface area contributed by atoms with Gasteiger partial charge in [-0.1, -0.05) is 41.2 Å². The average molecular weight is 478 g/mol. The molecule has 0 saturated carbocycles. The van der Waals surface area contributed by atoms with Crippen molar-refractivity contribution in [3.8, 4) is 11.1 Å². The third-order valence-corrected chi connectivity index (χ3v) is 4.65. The van der Waals surface area contributed by atoms with E-state index in [0.717, 1.165) is 21.5 Å². The second-order valence-corrected chi connectivity index (χ2v) is 8.57. The van der Waals surface area contributed by atoms with Crippen LogP contribution in [0.1, 0.15) is 49.7 Å². The lowest BCUT2D eigenvalue weighted by Gasteiger charge is -2.17. The van der Waals surface area contributed by atoms with Crippen molar-refractivity contribution < 1.29 is 20.4 Å². The van der Waals surface area contributed by atoms with Crippen molar-refractivity contribution in [2.24, 2.45) is 0 Å². The Balaban J connectivity index is 1.38. The molecule has 2 heterocycles. The summed E-state index contributed by atoms with van der Waals surface area (Å²) >= 11 is 0. The van der Waals surface area contributed by atoms with Gasteiger partial charge in [-0.2, -0.15) is 4.80 Å². The number of methoxy groups -OCH3 is 1. The first-order chi connectivity index (χ1) is 17.1. The fourth-order valence-corrected chi connectivity index (χ4v) is 3.06. The second-order valence-electron chi connectivity index (χ2n) is 8.57. The highest BCUT2D eigenvalue weighted by atomic mass is 16.6. The highest BCUT2D eigenvalue weighted by Crippen LogP contribution is 2.21. The van der Waals surface area contributed by atoms with Crippen LogP contribution in [0.5, 0.6) is 0 Å². The first kappa shape index (κ1) is 22.3. The molecule has 0 amide bonds. The van der Waals surface area contributed by atoms with E-state index in [0.29, 0.717) is 12.4 Å². The maximum atomic E-state index is 12.0. The first-order valence-electron chi connectivity index (χ1n) is 11.2. The van der Waals surface area contributed by atoms with Gasteiger partial charge in [-0.05, 0) is 60.0 Å². The van der Waals surface area contributed by atoms with Crippen LogP contribution in [0.2, 0.25) is 0 Å². The first-order valence-corrected chi connectivity index (χ1v) is 10.7. The molecule has 2 aromatic carbocycles. The Morgan fingerprint density at radius 1 is 0.943 bits per heavy atom. The minimum absolute atomic E-state index is 0.100. The van der Waals surface area contributed by atoms with Crippen LogP contribution in [0.3, 0.4) is 0 Å². The van der Waals surface area contributed by atoms with Gasteiger partial charge in [-0.25, -0.2) is 9.59 Å². The Morgan fingerprint density at radius 2 is 1.60 bits per heavy atom. The molecule has 4 aromatic rings. The zero-order chi connectivity index (χ0) is 25.9. The predicted octanol–water partition coefficient (Wildman–Crippen LogP) is 2.54. The molecule has 0 fully saturated rings. The summed E-state index contributed by atoms with van der Waals surface area (Å²) in [7, 11) is 1.29. The molecule has 0 atom stereocenters. The van der Waals surface area contributed by atoms with Gasteiger partial charge in [0.05, 0.1) is 27.0 Å². The van der Waals surface area contributed by atoms with Crippen LogP contribution in [-0.2, 0) is 22.4 Å². The molecule has 0 saturated heterocycles. The van der Waals surface area contributed by atoms with Crippen molar-refractivity contribution in [1.29, 1.82) is 0 Å². The molecule has 35 heavy (non-hydrogen) atoms. The Morgan fingerprint density at radius 3 is 2.29 bits per heavy atom. The molecular formula is C23H24N8O4. The Kier molecular flexibility index (Phi) is 6.24. The topological polar surface area (TPSA) is 140 Å². The number of carbonyl (C=O) groups excluding carboxylic acids is 2. The molecule has 180 valence electrons. The molecule has 0 aliphatic carbocycles. The van der Waals surface area contributed by atoms with Gasteiger partial charge < -0.3 is 9.47 Å². The lowest BCUT2D eigenvalue weighted by molar-refractivity contribution is 0.0484. The predicted molar refractivity (Wildman–Crippen MR) is 122 cm³/mol. The van der Waals surface area contributed by atoms with Crippen molar-refractivity contribution in [2.75, 3.05) is 7.11 Å². The number of rotatable bonds is 6. The second kappa shape index (κ2) is 9.79. The van der Waals surface area contributed by atoms with E-state index >= 15 is 0 Å². The van der Waals surface area contributed by atoms with Gasteiger partial charge in [-0.15, -0.1) is 20.4 Å². The minimum atomic E-state index is -0.723. The molecule has 0 aliphatic rings. The van der Waals surface area contributed by atoms with Crippen molar-refractivity contribution >= 4 is 12.1 Å². The summed E-state index contributed by atoms with van der Waals surface area (Å²) in [6, 6.07) is 12.8. The number of nitrogens with zero attached hydrogens (tertiary/aromatic N) is 8. The zero-order valence-corrected chi connectivity index (χ0v) is 19.7. The highest BCUT2D eigenvalue weighted by Gasteiger charge is 2.20. The Labute approximate surface area is 202 Å². The third kappa shape index (κ3) is 6.10. The number of carbonyl (C=O) groups is 2. The largest absolute Gasteiger partial charge is 0.465 e. The molecular weight excluding hydrogens is 452 g/mol. The van der Waals surface area contributed by atoms with Gasteiger partial charge in [0.25, 0.3) is 0 Å². The smallest absolute Gasteiger partial charge is 0.454 e. The van der Waals surface area contributed by atoms with Crippen molar-refractivity contribution in [2.45, 2.75) is 39.3 Å². The summed E-state index contributed by atoms with van der Waals surface area (Å²) in [5.41, 5.74) is 2.19. The molecule has 0 bridgehead atoms. The van der Waals surface area contributed by atoms with Crippen LogP contribution in [0.4, 0.5) is 4.79 Å². The fourth-order valence-electron chi connectivity index (χ4n) is 3.06. The minimum Gasteiger partial charge on any atom is -0.465 e.